The Morgan fingerprint density at radius 2 is 1.76 bits per heavy atom. The molecule has 188 valence electrons. The number of nitrogens with two attached hydrogens (primary N) is 3. The fraction of sp³-hybridized carbons (Fsp3) is 0.500. The summed E-state index contributed by atoms with van der Waals surface area (Å²) in [5.74, 6) is -1.49. The van der Waals surface area contributed by atoms with Crippen molar-refractivity contribution in [3.63, 3.8) is 0 Å². The van der Waals surface area contributed by atoms with Gasteiger partial charge in [-0.1, -0.05) is 24.3 Å². The Labute approximate surface area is 196 Å². The molecule has 14 nitrogen and oxygen atoms in total. The number of hydrazone groups is 1. The second kappa shape index (κ2) is 12.9. The van der Waals surface area contributed by atoms with E-state index in [0.717, 1.165) is 5.56 Å². The Morgan fingerprint density at radius 3 is 2.29 bits per heavy atom. The van der Waals surface area contributed by atoms with Gasteiger partial charge in [-0.15, -0.1) is 0 Å². The van der Waals surface area contributed by atoms with Crippen LogP contribution < -0.4 is 33.2 Å². The number of hydrogen-bond donors (Lipinski definition) is 6. The first-order valence-electron chi connectivity index (χ1n) is 10.4. The molecule has 0 aliphatic heterocycles. The van der Waals surface area contributed by atoms with Gasteiger partial charge in [0.2, 0.25) is 11.8 Å². The Balaban J connectivity index is 2.73. The lowest BCUT2D eigenvalue weighted by atomic mass is 10.0. The Hall–Kier alpha value is -3.94. The number of ether oxygens (including phenoxy) is 1. The molecule has 0 saturated carbocycles. The summed E-state index contributed by atoms with van der Waals surface area (Å²) in [5.41, 5.74) is 16.8. The topological polar surface area (TPSA) is 230 Å². The highest BCUT2D eigenvalue weighted by Gasteiger charge is 2.24. The molecule has 0 fully saturated rings. The van der Waals surface area contributed by atoms with Crippen molar-refractivity contribution < 1.29 is 24.2 Å². The molecule has 0 aromatic heterocycles. The average molecular weight is 481 g/mol. The maximum Gasteiger partial charge on any atom is 0.408 e. The summed E-state index contributed by atoms with van der Waals surface area (Å²) >= 11 is 0. The number of nitrogens with zero attached hydrogens (tertiary/aromatic N) is 2. The van der Waals surface area contributed by atoms with Crippen LogP contribution in [0.25, 0.3) is 0 Å². The molecule has 0 radical (unpaired) electrons. The molecule has 1 unspecified atom stereocenters. The van der Waals surface area contributed by atoms with Crippen LogP contribution in [0.2, 0.25) is 0 Å². The first kappa shape index (κ1) is 28.1. The van der Waals surface area contributed by atoms with E-state index < -0.39 is 40.6 Å². The SMILES string of the molecule is CC(C)(C)OC(=O)N[C@H](CCCN/C(N)=N\[N+](=O)[O-])C(=O)NCc1ccc(C(N)C(N)=O)cc1. The maximum atomic E-state index is 12.7. The van der Waals surface area contributed by atoms with E-state index in [1.165, 1.54) is 0 Å². The highest BCUT2D eigenvalue weighted by molar-refractivity contribution is 5.85. The molecule has 1 rings (SSSR count). The van der Waals surface area contributed by atoms with Crippen molar-refractivity contribution in [2.45, 2.75) is 57.8 Å². The average Bonchev–Trinajstić information content (AvgIpc) is 2.72. The van der Waals surface area contributed by atoms with Crippen LogP contribution in [0.5, 0.6) is 0 Å². The van der Waals surface area contributed by atoms with Gasteiger partial charge in [0.15, 0.2) is 5.03 Å². The lowest BCUT2D eigenvalue weighted by Crippen LogP contribution is -2.48. The molecule has 0 bridgehead atoms. The second-order valence-corrected chi connectivity index (χ2v) is 8.33. The quantitative estimate of drug-likeness (QED) is 0.0791. The van der Waals surface area contributed by atoms with E-state index in [9.17, 15) is 24.5 Å². The van der Waals surface area contributed by atoms with Gasteiger partial charge in [-0.05, 0) is 44.7 Å². The molecule has 14 heteroatoms. The lowest BCUT2D eigenvalue weighted by molar-refractivity contribution is -0.485. The molecular formula is C20H32N8O6. The highest BCUT2D eigenvalue weighted by atomic mass is 16.7. The predicted molar refractivity (Wildman–Crippen MR) is 123 cm³/mol. The third-order valence-corrected chi connectivity index (χ3v) is 4.28. The van der Waals surface area contributed by atoms with E-state index in [-0.39, 0.29) is 25.5 Å². The first-order valence-corrected chi connectivity index (χ1v) is 10.4. The Morgan fingerprint density at radius 1 is 1.15 bits per heavy atom. The summed E-state index contributed by atoms with van der Waals surface area (Å²) in [6.45, 7) is 5.41. The van der Waals surface area contributed by atoms with Crippen molar-refractivity contribution in [1.29, 1.82) is 0 Å². The minimum Gasteiger partial charge on any atom is -0.444 e. The van der Waals surface area contributed by atoms with Crippen molar-refractivity contribution in [1.82, 2.24) is 16.0 Å². The predicted octanol–water partition coefficient (Wildman–Crippen LogP) is -0.443. The van der Waals surface area contributed by atoms with E-state index in [0.29, 0.717) is 12.0 Å². The molecule has 0 spiro atoms. The van der Waals surface area contributed by atoms with Crippen molar-refractivity contribution in [2.75, 3.05) is 6.54 Å². The molecule has 0 heterocycles. The van der Waals surface area contributed by atoms with Gasteiger partial charge in [0.25, 0.3) is 5.96 Å². The van der Waals surface area contributed by atoms with Crippen LogP contribution in [-0.4, -0.2) is 47.1 Å². The van der Waals surface area contributed by atoms with Crippen molar-refractivity contribution >= 4 is 23.9 Å². The smallest absolute Gasteiger partial charge is 0.408 e. The molecule has 1 aromatic rings. The molecule has 0 saturated heterocycles. The van der Waals surface area contributed by atoms with E-state index >= 15 is 0 Å². The number of amides is 3. The highest BCUT2D eigenvalue weighted by Crippen LogP contribution is 2.12. The third-order valence-electron chi connectivity index (χ3n) is 4.28. The maximum absolute atomic E-state index is 12.7. The lowest BCUT2D eigenvalue weighted by Gasteiger charge is -2.23. The first-order chi connectivity index (χ1) is 15.8. The van der Waals surface area contributed by atoms with Crippen molar-refractivity contribution in [3.05, 3.63) is 45.5 Å². The van der Waals surface area contributed by atoms with Crippen LogP contribution in [0.4, 0.5) is 4.79 Å². The molecule has 3 amide bonds. The second-order valence-electron chi connectivity index (χ2n) is 8.33. The number of primary amides is 1. The van der Waals surface area contributed by atoms with Crippen LogP contribution in [-0.2, 0) is 20.9 Å². The number of carbonyl (C=O) groups excluding carboxylic acids is 3. The summed E-state index contributed by atoms with van der Waals surface area (Å²) in [6.07, 6.45) is -0.239. The summed E-state index contributed by atoms with van der Waals surface area (Å²) in [4.78, 5) is 46.4. The van der Waals surface area contributed by atoms with E-state index in [2.05, 4.69) is 21.1 Å². The van der Waals surface area contributed by atoms with Gasteiger partial charge < -0.3 is 37.9 Å². The molecule has 1 aromatic carbocycles. The summed E-state index contributed by atoms with van der Waals surface area (Å²) in [5, 5.41) is 20.1. The van der Waals surface area contributed by atoms with E-state index in [1.54, 1.807) is 45.0 Å². The minimum absolute atomic E-state index is 0.151. The van der Waals surface area contributed by atoms with Crippen LogP contribution in [0.1, 0.15) is 50.8 Å². The van der Waals surface area contributed by atoms with Gasteiger partial charge in [-0.3, -0.25) is 9.59 Å². The van der Waals surface area contributed by atoms with Crippen molar-refractivity contribution in [3.8, 4) is 0 Å². The number of alkyl carbamates (subject to hydrolysis) is 1. The molecule has 9 N–H and O–H groups in total. The monoisotopic (exact) mass is 480 g/mol. The number of benzene rings is 1. The number of nitrogens with one attached hydrogen (secondary N) is 3. The molecular weight excluding hydrogens is 448 g/mol. The number of nitro groups is 1. The van der Waals surface area contributed by atoms with Gasteiger partial charge in [0.1, 0.15) is 22.8 Å². The zero-order chi connectivity index (χ0) is 25.9. The largest absolute Gasteiger partial charge is 0.444 e. The molecule has 2 atom stereocenters. The molecule has 0 aliphatic carbocycles. The van der Waals surface area contributed by atoms with Gasteiger partial charge in [0, 0.05) is 13.1 Å². The zero-order valence-electron chi connectivity index (χ0n) is 19.4. The summed E-state index contributed by atoms with van der Waals surface area (Å²) in [6, 6.07) is 4.79. The van der Waals surface area contributed by atoms with Gasteiger partial charge in [-0.2, -0.15) is 0 Å². The fourth-order valence-electron chi connectivity index (χ4n) is 2.68. The molecule has 0 aliphatic rings. The van der Waals surface area contributed by atoms with Gasteiger partial charge in [-0.25, -0.2) is 14.9 Å². The van der Waals surface area contributed by atoms with E-state index in [1.807, 2.05) is 0 Å². The number of rotatable bonds is 11. The Bertz CT molecular complexity index is 897. The molecule has 34 heavy (non-hydrogen) atoms. The summed E-state index contributed by atoms with van der Waals surface area (Å²) in [7, 11) is 0. The van der Waals surface area contributed by atoms with Crippen LogP contribution in [0, 0.1) is 10.1 Å². The van der Waals surface area contributed by atoms with Crippen LogP contribution in [0.15, 0.2) is 29.4 Å². The fourth-order valence-corrected chi connectivity index (χ4v) is 2.68. The minimum atomic E-state index is -0.937. The van der Waals surface area contributed by atoms with Crippen molar-refractivity contribution in [2.24, 2.45) is 22.3 Å². The zero-order valence-corrected chi connectivity index (χ0v) is 19.4. The normalized spacial score (nSPS) is 13.4. The van der Waals surface area contributed by atoms with Gasteiger partial charge in [0.05, 0.1) is 0 Å². The van der Waals surface area contributed by atoms with E-state index in [4.69, 9.17) is 21.9 Å². The number of carbonyl (C=O) groups is 3. The van der Waals surface area contributed by atoms with Crippen LogP contribution in [0.3, 0.4) is 0 Å². The van der Waals surface area contributed by atoms with Gasteiger partial charge >= 0.3 is 6.09 Å². The standard InChI is InChI=1S/C20H32N8O6/c1-20(2,3)34-19(31)26-14(5-4-10-24-18(23)27-28(32)33)17(30)25-11-12-6-8-13(9-7-12)15(21)16(22)29/h6-9,14-15H,4-5,10-11,21H2,1-3H3,(H2,22,29)(H,25,30)(H,26,31)(H3,23,24,27)/t14-,15?/m1/s1. The number of guanidine groups is 1. The third kappa shape index (κ3) is 11.1. The van der Waals surface area contributed by atoms with Crippen LogP contribution >= 0.6 is 0 Å². The Kier molecular flexibility index (Phi) is 10.7. The summed E-state index contributed by atoms with van der Waals surface area (Å²) < 4.78 is 5.21. The number of hydrogen-bond acceptors (Lipinski definition) is 7.